The van der Waals surface area contributed by atoms with Crippen molar-refractivity contribution in [1.82, 2.24) is 0 Å². The van der Waals surface area contributed by atoms with E-state index in [-0.39, 0.29) is 11.8 Å². The van der Waals surface area contributed by atoms with Crippen LogP contribution in [-0.4, -0.2) is 6.36 Å². The van der Waals surface area contributed by atoms with Gasteiger partial charge in [-0.3, -0.25) is 0 Å². The zero-order valence-electron chi connectivity index (χ0n) is 12.6. The van der Waals surface area contributed by atoms with Crippen LogP contribution < -0.4 is 10.1 Å². The molecule has 0 amide bonds. The molecule has 1 aliphatic heterocycles. The van der Waals surface area contributed by atoms with Gasteiger partial charge in [-0.2, -0.15) is 0 Å². The molecule has 0 aliphatic carbocycles. The van der Waals surface area contributed by atoms with Crippen LogP contribution in [0.25, 0.3) is 10.8 Å². The highest BCUT2D eigenvalue weighted by molar-refractivity contribution is 5.88. The number of nitrogens with one attached hydrogen (secondary N) is 1. The first kappa shape index (κ1) is 14.9. The highest BCUT2D eigenvalue weighted by Gasteiger charge is 2.31. The van der Waals surface area contributed by atoms with E-state index in [1.54, 1.807) is 6.07 Å². The summed E-state index contributed by atoms with van der Waals surface area (Å²) < 4.78 is 41.2. The van der Waals surface area contributed by atoms with Gasteiger partial charge >= 0.3 is 6.36 Å². The standard InChI is InChI=1S/C19H14F3NO/c20-19(21,22)24-16-7-3-6-14(9-16)17-11-15-8-12-4-1-2-5-13(12)10-18(15)23-17/h1-10,17,23H,11H2. The van der Waals surface area contributed by atoms with E-state index < -0.39 is 6.36 Å². The van der Waals surface area contributed by atoms with E-state index in [1.165, 1.54) is 17.7 Å². The summed E-state index contributed by atoms with van der Waals surface area (Å²) in [5, 5.41) is 5.69. The van der Waals surface area contributed by atoms with Gasteiger partial charge in [-0.1, -0.05) is 36.4 Å². The summed E-state index contributed by atoms with van der Waals surface area (Å²) in [6.45, 7) is 0. The molecule has 0 spiro atoms. The highest BCUT2D eigenvalue weighted by atomic mass is 19.4. The van der Waals surface area contributed by atoms with Gasteiger partial charge in [-0.05, 0) is 52.6 Å². The second kappa shape index (κ2) is 5.44. The minimum atomic E-state index is -4.68. The Morgan fingerprint density at radius 3 is 2.42 bits per heavy atom. The van der Waals surface area contributed by atoms with Crippen LogP contribution in [0.3, 0.4) is 0 Å². The van der Waals surface area contributed by atoms with E-state index in [9.17, 15) is 13.2 Å². The summed E-state index contributed by atoms with van der Waals surface area (Å²) in [5.74, 6) is -0.192. The summed E-state index contributed by atoms with van der Waals surface area (Å²) in [6, 6.07) is 18.4. The van der Waals surface area contributed by atoms with Crippen LogP contribution in [0.15, 0.2) is 60.7 Å². The fraction of sp³-hybridized carbons (Fsp3) is 0.158. The van der Waals surface area contributed by atoms with Crippen molar-refractivity contribution < 1.29 is 17.9 Å². The first-order valence-corrected chi connectivity index (χ1v) is 7.62. The number of ether oxygens (including phenoxy) is 1. The van der Waals surface area contributed by atoms with Crippen LogP contribution >= 0.6 is 0 Å². The summed E-state index contributed by atoms with van der Waals surface area (Å²) in [7, 11) is 0. The molecule has 0 saturated heterocycles. The second-order valence-electron chi connectivity index (χ2n) is 5.88. The fourth-order valence-corrected chi connectivity index (χ4v) is 3.18. The minimum absolute atomic E-state index is 0.0615. The van der Waals surface area contributed by atoms with Crippen molar-refractivity contribution in [2.45, 2.75) is 18.8 Å². The van der Waals surface area contributed by atoms with Crippen molar-refractivity contribution >= 4 is 16.5 Å². The quantitative estimate of drug-likeness (QED) is 0.675. The van der Waals surface area contributed by atoms with Gasteiger partial charge in [0.2, 0.25) is 0 Å². The van der Waals surface area contributed by atoms with Crippen LogP contribution in [-0.2, 0) is 6.42 Å². The summed E-state index contributed by atoms with van der Waals surface area (Å²) >= 11 is 0. The minimum Gasteiger partial charge on any atom is -0.406 e. The lowest BCUT2D eigenvalue weighted by molar-refractivity contribution is -0.274. The summed E-state index contributed by atoms with van der Waals surface area (Å²) in [4.78, 5) is 0. The van der Waals surface area contributed by atoms with Crippen molar-refractivity contribution in [1.29, 1.82) is 0 Å². The lowest BCUT2D eigenvalue weighted by Gasteiger charge is -2.14. The molecule has 0 fully saturated rings. The molecule has 0 aromatic heterocycles. The van der Waals surface area contributed by atoms with Gasteiger partial charge in [0.15, 0.2) is 0 Å². The molecule has 1 heterocycles. The number of rotatable bonds is 2. The van der Waals surface area contributed by atoms with E-state index in [1.807, 2.05) is 24.3 Å². The lowest BCUT2D eigenvalue weighted by Crippen LogP contribution is -2.17. The molecule has 3 aromatic carbocycles. The van der Waals surface area contributed by atoms with Crippen molar-refractivity contribution in [3.05, 3.63) is 71.8 Å². The molecule has 0 radical (unpaired) electrons. The van der Waals surface area contributed by atoms with Gasteiger partial charge in [-0.15, -0.1) is 13.2 Å². The third-order valence-electron chi connectivity index (χ3n) is 4.22. The maximum Gasteiger partial charge on any atom is 0.573 e. The SMILES string of the molecule is FC(F)(F)Oc1cccc(C2Cc3cc4ccccc4cc3N2)c1. The Morgan fingerprint density at radius 1 is 0.917 bits per heavy atom. The fourth-order valence-electron chi connectivity index (χ4n) is 3.18. The molecule has 2 nitrogen and oxygen atoms in total. The van der Waals surface area contributed by atoms with Gasteiger partial charge in [0.05, 0.1) is 6.04 Å². The number of benzene rings is 3. The maximum atomic E-state index is 12.4. The molecular weight excluding hydrogens is 315 g/mol. The van der Waals surface area contributed by atoms with E-state index in [0.29, 0.717) is 0 Å². The van der Waals surface area contributed by atoms with Crippen LogP contribution in [0.2, 0.25) is 0 Å². The topological polar surface area (TPSA) is 21.3 Å². The molecule has 1 atom stereocenters. The first-order valence-electron chi connectivity index (χ1n) is 7.62. The largest absolute Gasteiger partial charge is 0.573 e. The third kappa shape index (κ3) is 2.89. The monoisotopic (exact) mass is 329 g/mol. The molecule has 1 N–H and O–H groups in total. The van der Waals surface area contributed by atoms with E-state index in [0.717, 1.165) is 28.4 Å². The number of alkyl halides is 3. The Labute approximate surface area is 136 Å². The number of anilines is 1. The zero-order chi connectivity index (χ0) is 16.7. The molecular formula is C19H14F3NO. The molecule has 0 bridgehead atoms. The Morgan fingerprint density at radius 2 is 1.67 bits per heavy atom. The average Bonchev–Trinajstić information content (AvgIpc) is 2.94. The molecule has 1 aliphatic rings. The maximum absolute atomic E-state index is 12.4. The molecule has 122 valence electrons. The van der Waals surface area contributed by atoms with Gasteiger partial charge in [0, 0.05) is 5.69 Å². The summed E-state index contributed by atoms with van der Waals surface area (Å²) in [6.07, 6.45) is -3.95. The lowest BCUT2D eigenvalue weighted by atomic mass is 10.0. The number of halogens is 3. The first-order chi connectivity index (χ1) is 11.5. The Balaban J connectivity index is 1.62. The van der Waals surface area contributed by atoms with E-state index in [2.05, 4.69) is 28.3 Å². The third-order valence-corrected chi connectivity index (χ3v) is 4.22. The zero-order valence-corrected chi connectivity index (χ0v) is 12.6. The van der Waals surface area contributed by atoms with E-state index >= 15 is 0 Å². The second-order valence-corrected chi connectivity index (χ2v) is 5.88. The predicted molar refractivity (Wildman–Crippen MR) is 87.1 cm³/mol. The molecule has 4 rings (SSSR count). The van der Waals surface area contributed by atoms with Crippen LogP contribution in [0.4, 0.5) is 18.9 Å². The van der Waals surface area contributed by atoms with Gasteiger partial charge in [-0.25, -0.2) is 0 Å². The van der Waals surface area contributed by atoms with Crippen LogP contribution in [0.1, 0.15) is 17.2 Å². The van der Waals surface area contributed by atoms with Crippen molar-refractivity contribution in [3.63, 3.8) is 0 Å². The average molecular weight is 329 g/mol. The van der Waals surface area contributed by atoms with Crippen molar-refractivity contribution in [3.8, 4) is 5.75 Å². The molecule has 0 saturated carbocycles. The number of hydrogen-bond donors (Lipinski definition) is 1. The predicted octanol–water partition coefficient (Wildman–Crippen LogP) is 5.45. The number of fused-ring (bicyclic) bond motifs is 2. The highest BCUT2D eigenvalue weighted by Crippen LogP contribution is 2.37. The molecule has 5 heteroatoms. The van der Waals surface area contributed by atoms with Crippen molar-refractivity contribution in [2.24, 2.45) is 0 Å². The summed E-state index contributed by atoms with van der Waals surface area (Å²) in [5.41, 5.74) is 2.97. The number of hydrogen-bond acceptors (Lipinski definition) is 2. The van der Waals surface area contributed by atoms with Crippen LogP contribution in [0, 0.1) is 0 Å². The van der Waals surface area contributed by atoms with Gasteiger partial charge < -0.3 is 10.1 Å². The normalized spacial score (nSPS) is 16.7. The van der Waals surface area contributed by atoms with Crippen LogP contribution in [0.5, 0.6) is 5.75 Å². The van der Waals surface area contributed by atoms with Gasteiger partial charge in [0.25, 0.3) is 0 Å². The Hall–Kier alpha value is -2.69. The Bertz CT molecular complexity index is 860. The van der Waals surface area contributed by atoms with Gasteiger partial charge in [0.1, 0.15) is 5.75 Å². The molecule has 3 aromatic rings. The smallest absolute Gasteiger partial charge is 0.406 e. The van der Waals surface area contributed by atoms with Crippen molar-refractivity contribution in [2.75, 3.05) is 5.32 Å². The van der Waals surface area contributed by atoms with E-state index in [4.69, 9.17) is 0 Å². The molecule has 1 unspecified atom stereocenters. The Kier molecular flexibility index (Phi) is 3.37. The molecule has 24 heavy (non-hydrogen) atoms.